The number of rotatable bonds is 0. The van der Waals surface area contributed by atoms with Crippen LogP contribution in [0, 0.1) is 0 Å². The van der Waals surface area contributed by atoms with Crippen LogP contribution in [0.4, 0.5) is 9.59 Å². The van der Waals surface area contributed by atoms with Gasteiger partial charge in [-0.05, 0) is 0 Å². The average molecular weight is 119 g/mol. The predicted molar refractivity (Wildman–Crippen MR) is 23.4 cm³/mol. The van der Waals surface area contributed by atoms with E-state index in [0.29, 0.717) is 0 Å². The van der Waals surface area contributed by atoms with Crippen LogP contribution in [0.15, 0.2) is 0 Å². The topological polar surface area (TPSA) is 107 Å². The van der Waals surface area contributed by atoms with Crippen LogP contribution >= 0.6 is 0 Å². The van der Waals surface area contributed by atoms with Crippen molar-refractivity contribution < 1.29 is 14.3 Å². The highest BCUT2D eigenvalue weighted by atomic mass is 16.6. The third-order valence-electron chi connectivity index (χ3n) is 0.311. The molecule has 0 saturated carbocycles. The summed E-state index contributed by atoms with van der Waals surface area (Å²) < 4.78 is 3.66. The van der Waals surface area contributed by atoms with E-state index in [2.05, 4.69) is 16.3 Å². The summed E-state index contributed by atoms with van der Waals surface area (Å²) in [7, 11) is 0. The molecule has 2 amide bonds. The molecule has 0 rings (SSSR count). The van der Waals surface area contributed by atoms with Crippen molar-refractivity contribution >= 4 is 12.2 Å². The molecule has 6 heteroatoms. The summed E-state index contributed by atoms with van der Waals surface area (Å²) in [4.78, 5) is 19.5. The highest BCUT2D eigenvalue weighted by molar-refractivity contribution is 5.81. The summed E-state index contributed by atoms with van der Waals surface area (Å²) in [5, 5.41) is 0. The Morgan fingerprint density at radius 2 is 2.00 bits per heavy atom. The summed E-state index contributed by atoms with van der Waals surface area (Å²) in [5.41, 5.74) is 5.93. The van der Waals surface area contributed by atoms with Gasteiger partial charge in [0.2, 0.25) is 0 Å². The van der Waals surface area contributed by atoms with Gasteiger partial charge in [0.25, 0.3) is 0 Å². The molecule has 0 spiro atoms. The van der Waals surface area contributed by atoms with Gasteiger partial charge in [-0.1, -0.05) is 0 Å². The molecular formula is C2H5N3O3. The van der Waals surface area contributed by atoms with Gasteiger partial charge in [0.1, 0.15) is 0 Å². The summed E-state index contributed by atoms with van der Waals surface area (Å²) in [5.74, 6) is 4.49. The Hall–Kier alpha value is -1.30. The summed E-state index contributed by atoms with van der Waals surface area (Å²) in [6, 6.07) is 0. The van der Waals surface area contributed by atoms with Crippen LogP contribution in [0.25, 0.3) is 0 Å². The van der Waals surface area contributed by atoms with Crippen molar-refractivity contribution in [1.82, 2.24) is 5.43 Å². The molecule has 0 atom stereocenters. The molecule has 0 bridgehead atoms. The molecular weight excluding hydrogens is 114 g/mol. The lowest BCUT2D eigenvalue weighted by Gasteiger charge is -1.93. The van der Waals surface area contributed by atoms with E-state index < -0.39 is 12.2 Å². The molecule has 0 fully saturated rings. The molecule has 8 heavy (non-hydrogen) atoms. The number of hydrazine groups is 1. The Morgan fingerprint density at radius 1 is 1.50 bits per heavy atom. The van der Waals surface area contributed by atoms with E-state index in [-0.39, 0.29) is 0 Å². The van der Waals surface area contributed by atoms with Gasteiger partial charge in [-0.3, -0.25) is 5.43 Å². The Kier molecular flexibility index (Phi) is 2.35. The second kappa shape index (κ2) is 2.80. The molecule has 0 aromatic carbocycles. The highest BCUT2D eigenvalue weighted by Gasteiger charge is 2.00. The Balaban J connectivity index is 3.40. The minimum absolute atomic E-state index is 1.07. The largest absolute Gasteiger partial charge is 0.430 e. The van der Waals surface area contributed by atoms with E-state index in [1.807, 2.05) is 0 Å². The van der Waals surface area contributed by atoms with Crippen LogP contribution in [0.3, 0.4) is 0 Å². The molecule has 0 unspecified atom stereocenters. The van der Waals surface area contributed by atoms with Crippen molar-refractivity contribution in [1.29, 1.82) is 0 Å². The average Bonchev–Trinajstić information content (AvgIpc) is 1.65. The van der Waals surface area contributed by atoms with E-state index in [0.717, 1.165) is 0 Å². The lowest BCUT2D eigenvalue weighted by atomic mass is 11.1. The first-order chi connectivity index (χ1) is 3.66. The monoisotopic (exact) mass is 119 g/mol. The maximum atomic E-state index is 9.86. The fourth-order valence-electron chi connectivity index (χ4n) is 0.121. The molecule has 0 aliphatic carbocycles. The number of hydrogen-bond acceptors (Lipinski definition) is 4. The predicted octanol–water partition coefficient (Wildman–Crippen LogP) is -1.33. The lowest BCUT2D eigenvalue weighted by Crippen LogP contribution is -2.34. The minimum atomic E-state index is -1.19. The van der Waals surface area contributed by atoms with Crippen LogP contribution in [0.5, 0.6) is 0 Å². The van der Waals surface area contributed by atoms with Gasteiger partial charge in [0.15, 0.2) is 0 Å². The van der Waals surface area contributed by atoms with Crippen LogP contribution in [-0.4, -0.2) is 12.2 Å². The zero-order valence-electron chi connectivity index (χ0n) is 3.88. The summed E-state index contributed by atoms with van der Waals surface area (Å²) in [6.07, 6.45) is -2.26. The molecule has 0 aromatic heterocycles. The van der Waals surface area contributed by atoms with Crippen molar-refractivity contribution in [3.63, 3.8) is 0 Å². The van der Waals surface area contributed by atoms with Gasteiger partial charge in [-0.25, -0.2) is 15.4 Å². The van der Waals surface area contributed by atoms with Gasteiger partial charge >= 0.3 is 12.2 Å². The Labute approximate surface area is 44.7 Å². The normalized spacial score (nSPS) is 7.62. The van der Waals surface area contributed by atoms with Gasteiger partial charge in [0, 0.05) is 0 Å². The van der Waals surface area contributed by atoms with Crippen LogP contribution in [0.1, 0.15) is 0 Å². The first-order valence-electron chi connectivity index (χ1n) is 1.64. The zero-order chi connectivity index (χ0) is 6.57. The van der Waals surface area contributed by atoms with Crippen molar-refractivity contribution in [2.24, 2.45) is 11.6 Å². The molecule has 0 heterocycles. The molecule has 46 valence electrons. The molecule has 0 aliphatic heterocycles. The Morgan fingerprint density at radius 3 is 2.12 bits per heavy atom. The van der Waals surface area contributed by atoms with Gasteiger partial charge in [-0.15, -0.1) is 0 Å². The number of carbonyl (C=O) groups is 2. The fraction of sp³-hybridized carbons (Fsp3) is 0. The number of primary amides is 1. The van der Waals surface area contributed by atoms with Crippen LogP contribution < -0.4 is 17.0 Å². The van der Waals surface area contributed by atoms with E-state index in [4.69, 9.17) is 0 Å². The quantitative estimate of drug-likeness (QED) is 0.159. The number of hydrogen-bond donors (Lipinski definition) is 3. The minimum Gasteiger partial charge on any atom is -0.359 e. The number of nitrogens with two attached hydrogens (primary N) is 2. The summed E-state index contributed by atoms with van der Waals surface area (Å²) >= 11 is 0. The van der Waals surface area contributed by atoms with Crippen LogP contribution in [0.2, 0.25) is 0 Å². The second-order valence-electron chi connectivity index (χ2n) is 0.853. The van der Waals surface area contributed by atoms with Crippen molar-refractivity contribution in [3.8, 4) is 0 Å². The van der Waals surface area contributed by atoms with E-state index in [1.165, 1.54) is 5.43 Å². The van der Waals surface area contributed by atoms with Crippen molar-refractivity contribution in [3.05, 3.63) is 0 Å². The third-order valence-corrected chi connectivity index (χ3v) is 0.311. The molecule has 0 aromatic rings. The van der Waals surface area contributed by atoms with Crippen LogP contribution in [-0.2, 0) is 4.74 Å². The molecule has 6 nitrogen and oxygen atoms in total. The number of nitrogens with one attached hydrogen (secondary N) is 1. The first kappa shape index (κ1) is 6.70. The molecule has 0 aliphatic rings. The Bertz CT molecular complexity index is 111. The molecule has 0 saturated heterocycles. The van der Waals surface area contributed by atoms with E-state index >= 15 is 0 Å². The summed E-state index contributed by atoms with van der Waals surface area (Å²) in [6.45, 7) is 0. The fourth-order valence-corrected chi connectivity index (χ4v) is 0.121. The van der Waals surface area contributed by atoms with Gasteiger partial charge < -0.3 is 10.5 Å². The van der Waals surface area contributed by atoms with Gasteiger partial charge in [-0.2, -0.15) is 0 Å². The molecule has 0 radical (unpaired) electrons. The third kappa shape index (κ3) is 2.91. The van der Waals surface area contributed by atoms with E-state index in [9.17, 15) is 9.59 Å². The lowest BCUT2D eigenvalue weighted by molar-refractivity contribution is 0.157. The first-order valence-corrected chi connectivity index (χ1v) is 1.64. The molecule has 5 N–H and O–H groups in total. The maximum Gasteiger partial charge on any atom is 0.430 e. The SMILES string of the molecule is NNC(=O)OC(N)=O. The van der Waals surface area contributed by atoms with Crippen molar-refractivity contribution in [2.45, 2.75) is 0 Å². The second-order valence-corrected chi connectivity index (χ2v) is 0.853. The zero-order valence-corrected chi connectivity index (χ0v) is 3.88. The smallest absolute Gasteiger partial charge is 0.359 e. The highest BCUT2D eigenvalue weighted by Crippen LogP contribution is 1.70. The van der Waals surface area contributed by atoms with Gasteiger partial charge in [0.05, 0.1) is 0 Å². The number of amides is 2. The van der Waals surface area contributed by atoms with Crippen molar-refractivity contribution in [2.75, 3.05) is 0 Å². The number of ether oxygens (including phenoxy) is 1. The number of carbonyl (C=O) groups excluding carboxylic acids is 2. The maximum absolute atomic E-state index is 9.86. The van der Waals surface area contributed by atoms with E-state index in [1.54, 1.807) is 0 Å². The standard InChI is InChI=1S/C2H5N3O3/c3-1(6)8-2(7)5-4/h4H2,(H2,3,6)(H,5,7).